The Morgan fingerprint density at radius 3 is 2.94 bits per heavy atom. The van der Waals surface area contributed by atoms with Crippen molar-refractivity contribution in [1.82, 2.24) is 5.32 Å². The number of hydrogen-bond acceptors (Lipinski definition) is 4. The molecular weight excluding hydrogens is 210 g/mol. The number of rotatable bonds is 2. The topological polar surface area (TPSA) is 78.8 Å². The lowest BCUT2D eigenvalue weighted by molar-refractivity contribution is -0.139. The normalized spacial score (nSPS) is 18.9. The Kier molecular flexibility index (Phi) is 2.70. The molecular formula is C11H13NO4. The summed E-state index contributed by atoms with van der Waals surface area (Å²) in [6, 6.07) is 2.40. The maximum Gasteiger partial charge on any atom is 0.325 e. The summed E-state index contributed by atoms with van der Waals surface area (Å²) in [5.74, 6) is -0.591. The minimum Gasteiger partial charge on any atom is -0.504 e. The molecule has 86 valence electrons. The Bertz CT molecular complexity index is 430. The van der Waals surface area contributed by atoms with E-state index >= 15 is 0 Å². The van der Waals surface area contributed by atoms with E-state index in [2.05, 4.69) is 5.32 Å². The average molecular weight is 223 g/mol. The number of fused-ring (bicyclic) bond motifs is 1. The van der Waals surface area contributed by atoms with Gasteiger partial charge in [0, 0.05) is 6.54 Å². The molecule has 2 rings (SSSR count). The van der Waals surface area contributed by atoms with Crippen LogP contribution in [0.1, 0.15) is 17.2 Å². The van der Waals surface area contributed by atoms with Gasteiger partial charge in [0.25, 0.3) is 0 Å². The van der Waals surface area contributed by atoms with E-state index in [4.69, 9.17) is 9.84 Å². The quantitative estimate of drug-likeness (QED) is 0.687. The molecule has 16 heavy (non-hydrogen) atoms. The highest BCUT2D eigenvalue weighted by Gasteiger charge is 2.27. The van der Waals surface area contributed by atoms with Gasteiger partial charge in [-0.15, -0.1) is 0 Å². The van der Waals surface area contributed by atoms with Crippen LogP contribution >= 0.6 is 0 Å². The first-order valence-corrected chi connectivity index (χ1v) is 4.99. The summed E-state index contributed by atoms with van der Waals surface area (Å²) in [6.45, 7) is 0.609. The van der Waals surface area contributed by atoms with Gasteiger partial charge in [-0.2, -0.15) is 0 Å². The predicted octanol–water partition coefficient (Wildman–Crippen LogP) is 0.672. The first-order chi connectivity index (χ1) is 7.63. The van der Waals surface area contributed by atoms with Crippen molar-refractivity contribution in [2.24, 2.45) is 0 Å². The second-order valence-corrected chi connectivity index (χ2v) is 3.70. The van der Waals surface area contributed by atoms with Gasteiger partial charge in [0.1, 0.15) is 6.04 Å². The SMILES string of the molecule is COc1cc2c(cc1O)C(C(=O)O)NCC2. The van der Waals surface area contributed by atoms with Crippen LogP contribution in [-0.4, -0.2) is 29.8 Å². The molecule has 0 radical (unpaired) electrons. The zero-order valence-corrected chi connectivity index (χ0v) is 8.86. The van der Waals surface area contributed by atoms with Crippen molar-refractivity contribution in [3.8, 4) is 11.5 Å². The molecule has 1 aromatic rings. The number of nitrogens with one attached hydrogen (secondary N) is 1. The molecule has 0 amide bonds. The summed E-state index contributed by atoms with van der Waals surface area (Å²) in [5.41, 5.74) is 1.51. The summed E-state index contributed by atoms with van der Waals surface area (Å²) in [4.78, 5) is 11.0. The lowest BCUT2D eigenvalue weighted by Crippen LogP contribution is -2.34. The molecule has 3 N–H and O–H groups in total. The average Bonchev–Trinajstić information content (AvgIpc) is 2.27. The number of aromatic hydroxyl groups is 1. The number of aliphatic carboxylic acids is 1. The van der Waals surface area contributed by atoms with Gasteiger partial charge in [-0.1, -0.05) is 0 Å². The molecule has 1 aromatic carbocycles. The zero-order valence-electron chi connectivity index (χ0n) is 8.86. The molecule has 1 heterocycles. The van der Waals surface area contributed by atoms with Crippen LogP contribution < -0.4 is 10.1 Å². The smallest absolute Gasteiger partial charge is 0.325 e. The highest BCUT2D eigenvalue weighted by molar-refractivity contribution is 5.77. The lowest BCUT2D eigenvalue weighted by Gasteiger charge is -2.24. The summed E-state index contributed by atoms with van der Waals surface area (Å²) in [6.07, 6.45) is 0.732. The van der Waals surface area contributed by atoms with E-state index in [0.29, 0.717) is 17.9 Å². The van der Waals surface area contributed by atoms with Crippen molar-refractivity contribution in [3.63, 3.8) is 0 Å². The van der Waals surface area contributed by atoms with Crippen LogP contribution in [0.4, 0.5) is 0 Å². The number of phenols is 1. The van der Waals surface area contributed by atoms with Crippen LogP contribution in [0.2, 0.25) is 0 Å². The highest BCUT2D eigenvalue weighted by Crippen LogP contribution is 2.34. The number of ether oxygens (including phenoxy) is 1. The standard InChI is InChI=1S/C11H13NO4/c1-16-9-4-6-2-3-12-10(11(14)15)7(6)5-8(9)13/h4-5,10,12-13H,2-3H2,1H3,(H,14,15). The largest absolute Gasteiger partial charge is 0.504 e. The van der Waals surface area contributed by atoms with Crippen molar-refractivity contribution in [1.29, 1.82) is 0 Å². The molecule has 1 aliphatic heterocycles. The predicted molar refractivity (Wildman–Crippen MR) is 56.7 cm³/mol. The Morgan fingerprint density at radius 2 is 2.31 bits per heavy atom. The monoisotopic (exact) mass is 223 g/mol. The van der Waals surface area contributed by atoms with Crippen molar-refractivity contribution in [3.05, 3.63) is 23.3 Å². The fourth-order valence-corrected chi connectivity index (χ4v) is 1.96. The van der Waals surface area contributed by atoms with Gasteiger partial charge < -0.3 is 20.3 Å². The number of methoxy groups -OCH3 is 1. The van der Waals surface area contributed by atoms with E-state index in [0.717, 1.165) is 12.0 Å². The minimum absolute atomic E-state index is 0.0313. The van der Waals surface area contributed by atoms with Crippen molar-refractivity contribution < 1.29 is 19.7 Å². The van der Waals surface area contributed by atoms with Gasteiger partial charge in [-0.05, 0) is 29.7 Å². The highest BCUT2D eigenvalue weighted by atomic mass is 16.5. The van der Waals surface area contributed by atoms with E-state index in [1.807, 2.05) is 0 Å². The molecule has 1 atom stereocenters. The second-order valence-electron chi connectivity index (χ2n) is 3.70. The number of benzene rings is 1. The lowest BCUT2D eigenvalue weighted by atomic mass is 9.93. The third-order valence-electron chi connectivity index (χ3n) is 2.74. The summed E-state index contributed by atoms with van der Waals surface area (Å²) >= 11 is 0. The van der Waals surface area contributed by atoms with Crippen LogP contribution in [0.25, 0.3) is 0 Å². The number of hydrogen-bond donors (Lipinski definition) is 3. The maximum atomic E-state index is 11.0. The second kappa shape index (κ2) is 4.02. The molecule has 5 nitrogen and oxygen atoms in total. The van der Waals surface area contributed by atoms with E-state index in [-0.39, 0.29) is 5.75 Å². The van der Waals surface area contributed by atoms with Gasteiger partial charge in [-0.3, -0.25) is 4.79 Å². The third kappa shape index (κ3) is 1.69. The number of carboxylic acid groups (broad SMARTS) is 1. The summed E-state index contributed by atoms with van der Waals surface area (Å²) in [5, 5.41) is 21.5. The summed E-state index contributed by atoms with van der Waals surface area (Å²) in [7, 11) is 1.47. The Morgan fingerprint density at radius 1 is 1.56 bits per heavy atom. The molecule has 0 spiro atoms. The van der Waals surface area contributed by atoms with Crippen LogP contribution in [-0.2, 0) is 11.2 Å². The maximum absolute atomic E-state index is 11.0. The molecule has 0 aliphatic carbocycles. The number of carboxylic acids is 1. The first kappa shape index (κ1) is 10.8. The minimum atomic E-state index is -0.939. The fraction of sp³-hybridized carbons (Fsp3) is 0.364. The molecule has 0 aromatic heterocycles. The van der Waals surface area contributed by atoms with Crippen molar-refractivity contribution in [2.45, 2.75) is 12.5 Å². The van der Waals surface area contributed by atoms with Crippen molar-refractivity contribution >= 4 is 5.97 Å². The molecule has 0 bridgehead atoms. The molecule has 1 unspecified atom stereocenters. The van der Waals surface area contributed by atoms with E-state index in [9.17, 15) is 9.90 Å². The molecule has 5 heteroatoms. The number of carbonyl (C=O) groups is 1. The first-order valence-electron chi connectivity index (χ1n) is 4.99. The van der Waals surface area contributed by atoms with Gasteiger partial charge in [-0.25, -0.2) is 0 Å². The molecule has 0 fully saturated rings. The zero-order chi connectivity index (χ0) is 11.7. The Labute approximate surface area is 92.7 Å². The van der Waals surface area contributed by atoms with E-state index in [1.54, 1.807) is 6.07 Å². The van der Waals surface area contributed by atoms with Crippen LogP contribution in [0.15, 0.2) is 12.1 Å². The van der Waals surface area contributed by atoms with Crippen LogP contribution in [0, 0.1) is 0 Å². The fourth-order valence-electron chi connectivity index (χ4n) is 1.96. The Balaban J connectivity index is 2.49. The van der Waals surface area contributed by atoms with E-state index in [1.165, 1.54) is 13.2 Å². The van der Waals surface area contributed by atoms with Gasteiger partial charge >= 0.3 is 5.97 Å². The van der Waals surface area contributed by atoms with Gasteiger partial charge in [0.05, 0.1) is 7.11 Å². The Hall–Kier alpha value is -1.75. The van der Waals surface area contributed by atoms with E-state index < -0.39 is 12.0 Å². The number of phenolic OH excluding ortho intramolecular Hbond substituents is 1. The molecule has 0 saturated heterocycles. The third-order valence-corrected chi connectivity index (χ3v) is 2.74. The van der Waals surface area contributed by atoms with Gasteiger partial charge in [0.2, 0.25) is 0 Å². The van der Waals surface area contributed by atoms with Crippen LogP contribution in [0.5, 0.6) is 11.5 Å². The molecule has 0 saturated carbocycles. The van der Waals surface area contributed by atoms with Crippen molar-refractivity contribution in [2.75, 3.05) is 13.7 Å². The molecule has 1 aliphatic rings. The van der Waals surface area contributed by atoms with Gasteiger partial charge in [0.15, 0.2) is 11.5 Å². The van der Waals surface area contributed by atoms with Crippen LogP contribution in [0.3, 0.4) is 0 Å². The summed E-state index contributed by atoms with van der Waals surface area (Å²) < 4.78 is 4.99.